The third-order valence-electron chi connectivity index (χ3n) is 2.63. The Morgan fingerprint density at radius 1 is 0.895 bits per heavy atom. The molecule has 6 heteroatoms. The van der Waals surface area contributed by atoms with Gasteiger partial charge in [0.15, 0.2) is 0 Å². The van der Waals surface area contributed by atoms with E-state index in [0.717, 1.165) is 25.7 Å². The van der Waals surface area contributed by atoms with Crippen LogP contribution in [0.2, 0.25) is 0 Å². The van der Waals surface area contributed by atoms with Crippen LogP contribution in [0.25, 0.3) is 0 Å². The van der Waals surface area contributed by atoms with E-state index in [2.05, 4.69) is 0 Å². The fraction of sp³-hybridized carbons (Fsp3) is 0.769. The van der Waals surface area contributed by atoms with Gasteiger partial charge in [0.05, 0.1) is 19.6 Å². The minimum absolute atomic E-state index is 0.0381. The highest BCUT2D eigenvalue weighted by Crippen LogP contribution is 2.06. The van der Waals surface area contributed by atoms with Crippen LogP contribution in [-0.4, -0.2) is 36.0 Å². The quantitative estimate of drug-likeness (QED) is 0.409. The fourth-order valence-corrected chi connectivity index (χ4v) is 1.51. The average Bonchev–Trinajstić information content (AvgIpc) is 2.38. The fourth-order valence-electron chi connectivity index (χ4n) is 1.51. The lowest BCUT2D eigenvalue weighted by molar-refractivity contribution is -0.145. The van der Waals surface area contributed by atoms with E-state index in [1.54, 1.807) is 0 Å². The number of carboxylic acids is 1. The first kappa shape index (κ1) is 17.6. The minimum atomic E-state index is -0.763. The second-order valence-electron chi connectivity index (χ2n) is 4.37. The topological polar surface area (TPSA) is 107 Å². The molecule has 6 nitrogen and oxygen atoms in total. The van der Waals surface area contributed by atoms with Crippen molar-refractivity contribution in [2.24, 2.45) is 5.73 Å². The van der Waals surface area contributed by atoms with Gasteiger partial charge < -0.3 is 15.6 Å². The van der Waals surface area contributed by atoms with E-state index in [1.807, 2.05) is 0 Å². The van der Waals surface area contributed by atoms with Gasteiger partial charge in [-0.1, -0.05) is 19.3 Å². The van der Waals surface area contributed by atoms with Crippen molar-refractivity contribution in [2.45, 2.75) is 51.4 Å². The summed E-state index contributed by atoms with van der Waals surface area (Å²) in [4.78, 5) is 32.3. The Hall–Kier alpha value is -1.43. The van der Waals surface area contributed by atoms with E-state index in [4.69, 9.17) is 15.6 Å². The third kappa shape index (κ3) is 12.8. The second-order valence-corrected chi connectivity index (χ2v) is 4.37. The molecule has 0 aromatic heterocycles. The van der Waals surface area contributed by atoms with Crippen molar-refractivity contribution in [1.29, 1.82) is 0 Å². The number of aliphatic carboxylic acids is 1. The zero-order valence-electron chi connectivity index (χ0n) is 11.2. The number of carboxylic acid groups (broad SMARTS) is 1. The maximum absolute atomic E-state index is 11.2. The van der Waals surface area contributed by atoms with Crippen molar-refractivity contribution in [1.82, 2.24) is 0 Å². The molecule has 0 heterocycles. The van der Waals surface area contributed by atoms with Crippen LogP contribution < -0.4 is 5.73 Å². The van der Waals surface area contributed by atoms with Gasteiger partial charge in [-0.25, -0.2) is 0 Å². The molecule has 3 N–H and O–H groups in total. The van der Waals surface area contributed by atoms with Crippen LogP contribution in [0.15, 0.2) is 0 Å². The van der Waals surface area contributed by atoms with E-state index >= 15 is 0 Å². The van der Waals surface area contributed by atoms with Gasteiger partial charge in [0.25, 0.3) is 0 Å². The highest BCUT2D eigenvalue weighted by molar-refractivity contribution is 5.84. The summed E-state index contributed by atoms with van der Waals surface area (Å²) in [6.45, 7) is 0.318. The number of carbonyl (C=O) groups excluding carboxylic acids is 2. The molecule has 0 saturated heterocycles. The van der Waals surface area contributed by atoms with E-state index in [1.165, 1.54) is 0 Å². The van der Waals surface area contributed by atoms with Crippen molar-refractivity contribution in [3.63, 3.8) is 0 Å². The number of rotatable bonds is 12. The van der Waals surface area contributed by atoms with Crippen LogP contribution >= 0.6 is 0 Å². The van der Waals surface area contributed by atoms with Gasteiger partial charge in [0.1, 0.15) is 5.78 Å². The molecule has 0 aliphatic rings. The Balaban J connectivity index is 3.27. The Kier molecular flexibility index (Phi) is 10.8. The predicted molar refractivity (Wildman–Crippen MR) is 69.6 cm³/mol. The second kappa shape index (κ2) is 11.6. The zero-order chi connectivity index (χ0) is 14.5. The van der Waals surface area contributed by atoms with Crippen LogP contribution in [0, 0.1) is 0 Å². The molecule has 110 valence electrons. The summed E-state index contributed by atoms with van der Waals surface area (Å²) in [5.74, 6) is -1.27. The van der Waals surface area contributed by atoms with Gasteiger partial charge in [-0.2, -0.15) is 0 Å². The van der Waals surface area contributed by atoms with Crippen LogP contribution in [0.3, 0.4) is 0 Å². The number of ketones is 1. The number of hydrogen-bond acceptors (Lipinski definition) is 5. The van der Waals surface area contributed by atoms with Crippen LogP contribution in [0.4, 0.5) is 0 Å². The van der Waals surface area contributed by atoms with Crippen molar-refractivity contribution >= 4 is 17.7 Å². The Bertz CT molecular complexity index is 291. The molecule has 0 aromatic rings. The maximum atomic E-state index is 11.2. The van der Waals surface area contributed by atoms with Gasteiger partial charge >= 0.3 is 11.9 Å². The van der Waals surface area contributed by atoms with Gasteiger partial charge in [-0.3, -0.25) is 14.4 Å². The summed E-state index contributed by atoms with van der Waals surface area (Å²) in [5, 5.41) is 8.43. The summed E-state index contributed by atoms with van der Waals surface area (Å²) >= 11 is 0. The Labute approximate surface area is 113 Å². The predicted octanol–water partition coefficient (Wildman–Crippen LogP) is 1.26. The molecule has 0 aliphatic heterocycles. The van der Waals surface area contributed by atoms with Gasteiger partial charge in [-0.05, 0) is 12.8 Å². The standard InChI is InChI=1S/C13H23NO5/c14-10-11(15)7-8-13(18)19-9-5-3-1-2-4-6-12(16)17/h1-10,14H2,(H,16,17). The molecule has 0 spiro atoms. The molecule has 0 fully saturated rings. The van der Waals surface area contributed by atoms with Crippen LogP contribution in [0.1, 0.15) is 51.4 Å². The van der Waals surface area contributed by atoms with Crippen molar-refractivity contribution in [2.75, 3.05) is 13.2 Å². The molecule has 19 heavy (non-hydrogen) atoms. The molecule has 0 aliphatic carbocycles. The normalized spacial score (nSPS) is 10.2. The summed E-state index contributed by atoms with van der Waals surface area (Å²) in [6.07, 6.45) is 4.64. The number of carbonyl (C=O) groups is 3. The summed E-state index contributed by atoms with van der Waals surface area (Å²) in [6, 6.07) is 0. The highest BCUT2D eigenvalue weighted by atomic mass is 16.5. The largest absolute Gasteiger partial charge is 0.481 e. The first-order valence-corrected chi connectivity index (χ1v) is 6.65. The van der Waals surface area contributed by atoms with Gasteiger partial charge in [0.2, 0.25) is 0 Å². The summed E-state index contributed by atoms with van der Waals surface area (Å²) < 4.78 is 4.96. The molecular weight excluding hydrogens is 250 g/mol. The van der Waals surface area contributed by atoms with E-state index < -0.39 is 5.97 Å². The number of ether oxygens (including phenoxy) is 1. The molecular formula is C13H23NO5. The molecule has 0 atom stereocenters. The highest BCUT2D eigenvalue weighted by Gasteiger charge is 2.06. The minimum Gasteiger partial charge on any atom is -0.481 e. The summed E-state index contributed by atoms with van der Waals surface area (Å²) in [5.41, 5.74) is 5.12. The van der Waals surface area contributed by atoms with Crippen LogP contribution in [0.5, 0.6) is 0 Å². The number of unbranched alkanes of at least 4 members (excludes halogenated alkanes) is 4. The molecule has 0 radical (unpaired) electrons. The van der Waals surface area contributed by atoms with Crippen molar-refractivity contribution in [3.8, 4) is 0 Å². The first-order valence-electron chi connectivity index (χ1n) is 6.65. The number of Topliss-reactive ketones (excluding diaryl/α,β-unsaturated/α-hetero) is 1. The summed E-state index contributed by atoms with van der Waals surface area (Å²) in [7, 11) is 0. The zero-order valence-corrected chi connectivity index (χ0v) is 11.2. The first-order chi connectivity index (χ1) is 9.06. The molecule has 0 saturated carbocycles. The third-order valence-corrected chi connectivity index (χ3v) is 2.63. The lowest BCUT2D eigenvalue weighted by Gasteiger charge is -2.04. The van der Waals surface area contributed by atoms with E-state index in [0.29, 0.717) is 13.0 Å². The Morgan fingerprint density at radius 3 is 2.16 bits per heavy atom. The Morgan fingerprint density at radius 2 is 1.53 bits per heavy atom. The smallest absolute Gasteiger partial charge is 0.306 e. The molecule has 0 rings (SSSR count). The lowest BCUT2D eigenvalue weighted by atomic mass is 10.1. The number of nitrogens with two attached hydrogens (primary N) is 1. The SMILES string of the molecule is NCC(=O)CCC(=O)OCCCCCCCC(=O)O. The van der Waals surface area contributed by atoms with Gasteiger partial charge in [-0.15, -0.1) is 0 Å². The maximum Gasteiger partial charge on any atom is 0.306 e. The van der Waals surface area contributed by atoms with Crippen LogP contribution in [-0.2, 0) is 19.1 Å². The molecule has 0 amide bonds. The molecule has 0 bridgehead atoms. The molecule has 0 unspecified atom stereocenters. The van der Waals surface area contributed by atoms with E-state index in [9.17, 15) is 14.4 Å². The van der Waals surface area contributed by atoms with E-state index in [-0.39, 0.29) is 37.6 Å². The molecule has 0 aromatic carbocycles. The van der Waals surface area contributed by atoms with Crippen molar-refractivity contribution in [3.05, 3.63) is 0 Å². The number of esters is 1. The lowest BCUT2D eigenvalue weighted by Crippen LogP contribution is -2.15. The monoisotopic (exact) mass is 273 g/mol. The van der Waals surface area contributed by atoms with Gasteiger partial charge in [0, 0.05) is 12.8 Å². The number of hydrogen-bond donors (Lipinski definition) is 2. The average molecular weight is 273 g/mol. The van der Waals surface area contributed by atoms with Crippen molar-refractivity contribution < 1.29 is 24.2 Å².